The average Bonchev–Trinajstić information content (AvgIpc) is 3.32. The number of likely N-dealkylation sites (tertiary alicyclic amines) is 1. The van der Waals surface area contributed by atoms with E-state index < -0.39 is 0 Å². The Labute approximate surface area is 153 Å². The molecule has 0 spiro atoms. The van der Waals surface area contributed by atoms with Crippen LogP contribution in [0.3, 0.4) is 0 Å². The van der Waals surface area contributed by atoms with Crippen LogP contribution < -0.4 is 4.74 Å². The van der Waals surface area contributed by atoms with Crippen LogP contribution >= 0.6 is 0 Å². The second kappa shape index (κ2) is 7.75. The number of aromatic nitrogens is 2. The molecule has 0 amide bonds. The van der Waals surface area contributed by atoms with Crippen molar-refractivity contribution in [2.24, 2.45) is 0 Å². The Balaban J connectivity index is 1.51. The zero-order valence-corrected chi connectivity index (χ0v) is 15.1. The molecular weight excluding hydrogens is 332 g/mol. The molecule has 0 saturated carbocycles. The lowest BCUT2D eigenvalue weighted by molar-refractivity contribution is -0.00618. The van der Waals surface area contributed by atoms with Gasteiger partial charge in [-0.15, -0.1) is 0 Å². The highest BCUT2D eigenvalue weighted by atomic mass is 16.5. The highest BCUT2D eigenvalue weighted by Gasteiger charge is 2.36. The Morgan fingerprint density at radius 2 is 2.12 bits per heavy atom. The lowest BCUT2D eigenvalue weighted by Crippen LogP contribution is -2.48. The van der Waals surface area contributed by atoms with Crippen LogP contribution in [0, 0.1) is 0 Å². The molecule has 2 aromatic rings. The molecule has 0 bridgehead atoms. The highest BCUT2D eigenvalue weighted by molar-refractivity contribution is 5.45. The summed E-state index contributed by atoms with van der Waals surface area (Å²) in [4.78, 5) is 4.67. The average molecular weight is 358 g/mol. The molecule has 2 aliphatic heterocycles. The second-order valence-electron chi connectivity index (χ2n) is 6.92. The van der Waals surface area contributed by atoms with Crippen LogP contribution in [0.1, 0.15) is 5.56 Å². The van der Waals surface area contributed by atoms with Gasteiger partial charge in [0.1, 0.15) is 5.75 Å². The second-order valence-corrected chi connectivity index (χ2v) is 6.92. The number of aliphatic hydroxyl groups is 1. The smallest absolute Gasteiger partial charge is 0.119 e. The Kier molecular flexibility index (Phi) is 5.21. The van der Waals surface area contributed by atoms with Crippen molar-refractivity contribution >= 4 is 0 Å². The minimum Gasteiger partial charge on any atom is -0.497 e. The summed E-state index contributed by atoms with van der Waals surface area (Å²) in [6, 6.07) is 8.15. The first kappa shape index (κ1) is 17.5. The van der Waals surface area contributed by atoms with E-state index in [0.29, 0.717) is 6.54 Å². The van der Waals surface area contributed by atoms with Gasteiger partial charge in [0.2, 0.25) is 0 Å². The third-order valence-electron chi connectivity index (χ3n) is 5.28. The first-order valence-corrected chi connectivity index (χ1v) is 9.14. The van der Waals surface area contributed by atoms with E-state index in [9.17, 15) is 5.11 Å². The number of benzene rings is 1. The van der Waals surface area contributed by atoms with Crippen molar-refractivity contribution in [2.45, 2.75) is 18.7 Å². The van der Waals surface area contributed by atoms with Crippen LogP contribution in [0.2, 0.25) is 0 Å². The van der Waals surface area contributed by atoms with E-state index in [4.69, 9.17) is 9.47 Å². The summed E-state index contributed by atoms with van der Waals surface area (Å²) in [5.74, 6) is 0.834. The third-order valence-corrected chi connectivity index (χ3v) is 5.28. The van der Waals surface area contributed by atoms with E-state index in [-0.39, 0.29) is 12.1 Å². The van der Waals surface area contributed by atoms with Crippen molar-refractivity contribution in [3.05, 3.63) is 42.2 Å². The zero-order valence-electron chi connectivity index (χ0n) is 15.1. The summed E-state index contributed by atoms with van der Waals surface area (Å²) in [6.45, 7) is 5.59. The van der Waals surface area contributed by atoms with Gasteiger partial charge in [0.25, 0.3) is 0 Å². The lowest BCUT2D eigenvalue weighted by atomic mass is 10.1. The normalized spacial score (nSPS) is 24.8. The number of methoxy groups -OCH3 is 1. The summed E-state index contributed by atoms with van der Waals surface area (Å²) in [5.41, 5.74) is 2.18. The van der Waals surface area contributed by atoms with E-state index in [1.165, 1.54) is 0 Å². The maximum atomic E-state index is 10.6. The van der Waals surface area contributed by atoms with Gasteiger partial charge in [0, 0.05) is 51.2 Å². The minimum absolute atomic E-state index is 0.178. The summed E-state index contributed by atoms with van der Waals surface area (Å²) >= 11 is 0. The van der Waals surface area contributed by atoms with E-state index >= 15 is 0 Å². The molecular formula is C19H26N4O3. The molecule has 1 aromatic carbocycles. The lowest BCUT2D eigenvalue weighted by Gasteiger charge is -2.33. The van der Waals surface area contributed by atoms with Crippen molar-refractivity contribution in [1.29, 1.82) is 0 Å². The van der Waals surface area contributed by atoms with Gasteiger partial charge in [0.15, 0.2) is 0 Å². The molecule has 26 heavy (non-hydrogen) atoms. The Morgan fingerprint density at radius 3 is 2.85 bits per heavy atom. The van der Waals surface area contributed by atoms with Gasteiger partial charge in [-0.3, -0.25) is 9.80 Å². The molecule has 0 radical (unpaired) electrons. The molecule has 7 heteroatoms. The van der Waals surface area contributed by atoms with Gasteiger partial charge in [-0.05, 0) is 29.8 Å². The molecule has 3 heterocycles. The SMILES string of the molecule is COc1ccc(-n2cccn2)c(CN2C[C@H](O)[C@@H](N3CCOCC3)C2)c1. The Morgan fingerprint density at radius 1 is 1.27 bits per heavy atom. The number of aliphatic hydroxyl groups excluding tert-OH is 1. The number of hydrogen-bond donors (Lipinski definition) is 1. The van der Waals surface area contributed by atoms with Crippen LogP contribution in [0.25, 0.3) is 5.69 Å². The predicted molar refractivity (Wildman–Crippen MR) is 97.6 cm³/mol. The van der Waals surface area contributed by atoms with Crippen molar-refractivity contribution < 1.29 is 14.6 Å². The molecule has 140 valence electrons. The van der Waals surface area contributed by atoms with E-state index in [1.54, 1.807) is 13.3 Å². The monoisotopic (exact) mass is 358 g/mol. The molecule has 1 aromatic heterocycles. The third kappa shape index (κ3) is 3.61. The summed E-state index contributed by atoms with van der Waals surface area (Å²) < 4.78 is 12.7. The fourth-order valence-corrected chi connectivity index (χ4v) is 3.94. The maximum absolute atomic E-state index is 10.6. The number of nitrogens with zero attached hydrogens (tertiary/aromatic N) is 4. The Hall–Kier alpha value is -1.93. The Bertz CT molecular complexity index is 716. The standard InChI is InChI=1S/C19H26N4O3/c1-25-16-3-4-17(23-6-2-5-20-23)15(11-16)12-21-13-18(19(24)14-21)22-7-9-26-10-8-22/h2-6,11,18-19,24H,7-10,12-14H2,1H3/t18-,19-/m0/s1. The van der Waals surface area contributed by atoms with E-state index in [2.05, 4.69) is 21.0 Å². The first-order chi connectivity index (χ1) is 12.7. The van der Waals surface area contributed by atoms with Gasteiger partial charge in [-0.1, -0.05) is 0 Å². The van der Waals surface area contributed by atoms with E-state index in [0.717, 1.165) is 56.4 Å². The van der Waals surface area contributed by atoms with Crippen LogP contribution in [-0.4, -0.2) is 83.3 Å². The predicted octanol–water partition coefficient (Wildman–Crippen LogP) is 0.758. The largest absolute Gasteiger partial charge is 0.497 e. The number of ether oxygens (including phenoxy) is 2. The van der Waals surface area contributed by atoms with Crippen molar-refractivity contribution in [3.63, 3.8) is 0 Å². The van der Waals surface area contributed by atoms with Gasteiger partial charge in [0.05, 0.1) is 32.1 Å². The topological polar surface area (TPSA) is 63.0 Å². The number of hydrogen-bond acceptors (Lipinski definition) is 6. The molecule has 2 atom stereocenters. The van der Waals surface area contributed by atoms with Crippen LogP contribution in [0.5, 0.6) is 5.75 Å². The molecule has 0 aliphatic carbocycles. The molecule has 2 aliphatic rings. The van der Waals surface area contributed by atoms with Gasteiger partial charge in [-0.25, -0.2) is 4.68 Å². The fourth-order valence-electron chi connectivity index (χ4n) is 3.94. The van der Waals surface area contributed by atoms with Crippen molar-refractivity contribution in [3.8, 4) is 11.4 Å². The zero-order chi connectivity index (χ0) is 17.9. The maximum Gasteiger partial charge on any atom is 0.119 e. The van der Waals surface area contributed by atoms with Crippen LogP contribution in [0.15, 0.2) is 36.7 Å². The fraction of sp³-hybridized carbons (Fsp3) is 0.526. The molecule has 1 N–H and O–H groups in total. The number of morpholine rings is 1. The molecule has 0 unspecified atom stereocenters. The number of rotatable bonds is 5. The van der Waals surface area contributed by atoms with Crippen molar-refractivity contribution in [2.75, 3.05) is 46.5 Å². The van der Waals surface area contributed by atoms with Gasteiger partial charge in [-0.2, -0.15) is 5.10 Å². The van der Waals surface area contributed by atoms with Gasteiger partial charge < -0.3 is 14.6 Å². The molecule has 7 nitrogen and oxygen atoms in total. The van der Waals surface area contributed by atoms with Crippen molar-refractivity contribution in [1.82, 2.24) is 19.6 Å². The quantitative estimate of drug-likeness (QED) is 0.851. The minimum atomic E-state index is -0.327. The summed E-state index contributed by atoms with van der Waals surface area (Å²) in [6.07, 6.45) is 3.40. The van der Waals surface area contributed by atoms with Gasteiger partial charge >= 0.3 is 0 Å². The van der Waals surface area contributed by atoms with Crippen LogP contribution in [-0.2, 0) is 11.3 Å². The summed E-state index contributed by atoms with van der Waals surface area (Å²) in [5, 5.41) is 14.9. The molecule has 4 rings (SSSR count). The molecule has 2 fully saturated rings. The number of β-amino-alcohol motifs (C(OH)–C–C–N with tert-alkyl or cyclic N) is 1. The molecule has 2 saturated heterocycles. The first-order valence-electron chi connectivity index (χ1n) is 9.14. The van der Waals surface area contributed by atoms with E-state index in [1.807, 2.05) is 29.1 Å². The van der Waals surface area contributed by atoms with Crippen LogP contribution in [0.4, 0.5) is 0 Å². The summed E-state index contributed by atoms with van der Waals surface area (Å²) in [7, 11) is 1.68. The highest BCUT2D eigenvalue weighted by Crippen LogP contribution is 2.25.